The molecule has 168 valence electrons. The SMILES string of the molecule is O=C(O)[C@H]1[C@H](Cn2nc3ccccn3c2=O)CC[C@@H]1Sc1ccc(-c2ccc(Cl)cc2)cc1. The second-order valence-corrected chi connectivity index (χ2v) is 10.0. The average Bonchev–Trinajstić information content (AvgIpc) is 3.36. The van der Waals surface area contributed by atoms with Gasteiger partial charge < -0.3 is 5.11 Å². The van der Waals surface area contributed by atoms with Gasteiger partial charge >= 0.3 is 11.7 Å². The van der Waals surface area contributed by atoms with Crippen molar-refractivity contribution < 1.29 is 9.90 Å². The lowest BCUT2D eigenvalue weighted by Gasteiger charge is -2.20. The van der Waals surface area contributed by atoms with Crippen LogP contribution in [0.3, 0.4) is 0 Å². The summed E-state index contributed by atoms with van der Waals surface area (Å²) >= 11 is 7.58. The number of hydrogen-bond acceptors (Lipinski definition) is 4. The molecule has 33 heavy (non-hydrogen) atoms. The Balaban J connectivity index is 1.31. The van der Waals surface area contributed by atoms with Gasteiger partial charge in [-0.15, -0.1) is 16.9 Å². The van der Waals surface area contributed by atoms with E-state index in [9.17, 15) is 14.7 Å². The summed E-state index contributed by atoms with van der Waals surface area (Å²) in [7, 11) is 0. The Morgan fingerprint density at radius 1 is 1.03 bits per heavy atom. The van der Waals surface area contributed by atoms with E-state index >= 15 is 0 Å². The number of fused-ring (bicyclic) bond motifs is 1. The minimum Gasteiger partial charge on any atom is -0.481 e. The number of carboxylic acids is 1. The van der Waals surface area contributed by atoms with Crippen molar-refractivity contribution in [2.75, 3.05) is 0 Å². The van der Waals surface area contributed by atoms with Crippen LogP contribution in [0.2, 0.25) is 5.02 Å². The van der Waals surface area contributed by atoms with Crippen LogP contribution >= 0.6 is 23.4 Å². The first-order valence-corrected chi connectivity index (χ1v) is 12.0. The molecule has 1 aliphatic carbocycles. The van der Waals surface area contributed by atoms with Gasteiger partial charge in [0.25, 0.3) is 0 Å². The fraction of sp³-hybridized carbons (Fsp3) is 0.240. The molecule has 2 aromatic heterocycles. The predicted octanol–water partition coefficient (Wildman–Crippen LogP) is 5.09. The number of halogens is 1. The first-order valence-electron chi connectivity index (χ1n) is 10.8. The molecule has 0 amide bonds. The molecular weight excluding hydrogens is 458 g/mol. The van der Waals surface area contributed by atoms with Crippen molar-refractivity contribution in [2.24, 2.45) is 11.8 Å². The summed E-state index contributed by atoms with van der Waals surface area (Å²) < 4.78 is 2.89. The zero-order valence-electron chi connectivity index (χ0n) is 17.7. The first kappa shape index (κ1) is 21.8. The Bertz CT molecular complexity index is 1350. The number of hydrogen-bond donors (Lipinski definition) is 1. The van der Waals surface area contributed by atoms with Gasteiger partial charge in [-0.3, -0.25) is 9.20 Å². The number of nitrogens with zero attached hydrogens (tertiary/aromatic N) is 3. The van der Waals surface area contributed by atoms with Crippen LogP contribution in [0.15, 0.2) is 82.6 Å². The fourth-order valence-corrected chi connectivity index (χ4v) is 6.10. The smallest absolute Gasteiger partial charge is 0.350 e. The normalized spacial score (nSPS) is 20.3. The van der Waals surface area contributed by atoms with Crippen LogP contribution in [0.1, 0.15) is 12.8 Å². The van der Waals surface area contributed by atoms with E-state index in [0.29, 0.717) is 17.2 Å². The molecule has 0 bridgehead atoms. The monoisotopic (exact) mass is 479 g/mol. The predicted molar refractivity (Wildman–Crippen MR) is 130 cm³/mol. The molecule has 0 radical (unpaired) electrons. The Kier molecular flexibility index (Phi) is 6.00. The highest BCUT2D eigenvalue weighted by Crippen LogP contribution is 2.43. The molecular formula is C25H22ClN3O3S. The first-order chi connectivity index (χ1) is 16.0. The quantitative estimate of drug-likeness (QED) is 0.417. The molecule has 0 saturated heterocycles. The zero-order valence-corrected chi connectivity index (χ0v) is 19.2. The standard InChI is InChI=1S/C25H22ClN3O3S/c26-19-9-4-16(5-10-19)17-6-11-20(12-7-17)33-21-13-8-18(23(21)24(30)31)15-29-25(32)28-14-2-1-3-22(28)27-29/h1-7,9-12,14,18,21,23H,8,13,15H2,(H,30,31)/t18-,21-,23-/m0/s1. The summed E-state index contributed by atoms with van der Waals surface area (Å²) in [4.78, 5) is 25.9. The summed E-state index contributed by atoms with van der Waals surface area (Å²) in [6.45, 7) is 0.310. The summed E-state index contributed by atoms with van der Waals surface area (Å²) in [5, 5.41) is 15.0. The third-order valence-electron chi connectivity index (χ3n) is 6.23. The molecule has 1 fully saturated rings. The molecule has 5 rings (SSSR count). The zero-order chi connectivity index (χ0) is 22.9. The van der Waals surface area contributed by atoms with E-state index in [0.717, 1.165) is 28.9 Å². The third kappa shape index (κ3) is 4.43. The van der Waals surface area contributed by atoms with Crippen molar-refractivity contribution in [1.82, 2.24) is 14.2 Å². The highest BCUT2D eigenvalue weighted by atomic mass is 35.5. The van der Waals surface area contributed by atoms with Crippen LogP contribution in [0.25, 0.3) is 16.8 Å². The van der Waals surface area contributed by atoms with Crippen molar-refractivity contribution in [3.05, 3.63) is 88.4 Å². The van der Waals surface area contributed by atoms with Gasteiger partial charge in [-0.25, -0.2) is 9.48 Å². The molecule has 6 nitrogen and oxygen atoms in total. The van der Waals surface area contributed by atoms with Crippen molar-refractivity contribution in [1.29, 1.82) is 0 Å². The number of rotatable bonds is 6. The van der Waals surface area contributed by atoms with Crippen LogP contribution in [0.4, 0.5) is 0 Å². The lowest BCUT2D eigenvalue weighted by Crippen LogP contribution is -2.32. The highest BCUT2D eigenvalue weighted by molar-refractivity contribution is 8.00. The van der Waals surface area contributed by atoms with E-state index in [2.05, 4.69) is 5.10 Å². The molecule has 2 aromatic carbocycles. The van der Waals surface area contributed by atoms with Gasteiger partial charge in [0.05, 0.1) is 12.5 Å². The second-order valence-electron chi connectivity index (χ2n) is 8.28. The minimum atomic E-state index is -0.815. The van der Waals surface area contributed by atoms with E-state index in [1.165, 1.54) is 9.08 Å². The lowest BCUT2D eigenvalue weighted by molar-refractivity contribution is -0.142. The number of carbonyl (C=O) groups is 1. The molecule has 0 aliphatic heterocycles. The number of pyridine rings is 1. The Morgan fingerprint density at radius 2 is 1.73 bits per heavy atom. The topological polar surface area (TPSA) is 76.6 Å². The van der Waals surface area contributed by atoms with E-state index < -0.39 is 11.9 Å². The summed E-state index contributed by atoms with van der Waals surface area (Å²) in [5.74, 6) is -1.50. The van der Waals surface area contributed by atoms with Crippen LogP contribution in [-0.2, 0) is 11.3 Å². The van der Waals surface area contributed by atoms with Crippen LogP contribution in [-0.4, -0.2) is 30.5 Å². The maximum absolute atomic E-state index is 12.6. The summed E-state index contributed by atoms with van der Waals surface area (Å²) in [6, 6.07) is 21.2. The molecule has 4 aromatic rings. The van der Waals surface area contributed by atoms with Crippen molar-refractivity contribution in [3.63, 3.8) is 0 Å². The molecule has 1 saturated carbocycles. The van der Waals surface area contributed by atoms with Gasteiger partial charge in [-0.1, -0.05) is 41.9 Å². The molecule has 2 heterocycles. The average molecular weight is 480 g/mol. The van der Waals surface area contributed by atoms with Gasteiger partial charge in [-0.05, 0) is 66.3 Å². The molecule has 0 unspecified atom stereocenters. The lowest BCUT2D eigenvalue weighted by atomic mass is 9.96. The number of thioether (sulfide) groups is 1. The second kappa shape index (κ2) is 9.08. The van der Waals surface area contributed by atoms with E-state index in [1.807, 2.05) is 54.6 Å². The van der Waals surface area contributed by atoms with Crippen molar-refractivity contribution in [3.8, 4) is 11.1 Å². The Morgan fingerprint density at radius 3 is 2.39 bits per heavy atom. The number of aromatic nitrogens is 3. The molecule has 0 spiro atoms. The Labute approximate surface area is 199 Å². The third-order valence-corrected chi connectivity index (χ3v) is 7.86. The molecule has 3 atom stereocenters. The number of carboxylic acid groups (broad SMARTS) is 1. The van der Waals surface area contributed by atoms with E-state index in [-0.39, 0.29) is 16.9 Å². The number of aliphatic carboxylic acids is 1. The van der Waals surface area contributed by atoms with Crippen LogP contribution in [0.5, 0.6) is 0 Å². The number of benzene rings is 2. The maximum atomic E-state index is 12.6. The van der Waals surface area contributed by atoms with Crippen LogP contribution in [0, 0.1) is 11.8 Å². The van der Waals surface area contributed by atoms with Gasteiger partial charge in [0.2, 0.25) is 0 Å². The van der Waals surface area contributed by atoms with Crippen molar-refractivity contribution in [2.45, 2.75) is 29.5 Å². The van der Waals surface area contributed by atoms with Gasteiger partial charge in [0.1, 0.15) is 0 Å². The highest BCUT2D eigenvalue weighted by Gasteiger charge is 2.42. The van der Waals surface area contributed by atoms with Gasteiger partial charge in [-0.2, -0.15) is 0 Å². The fourth-order valence-electron chi connectivity index (χ4n) is 4.59. The molecule has 1 N–H and O–H groups in total. The summed E-state index contributed by atoms with van der Waals surface area (Å²) in [6.07, 6.45) is 3.21. The largest absolute Gasteiger partial charge is 0.481 e. The van der Waals surface area contributed by atoms with Gasteiger partial charge in [0, 0.05) is 21.4 Å². The maximum Gasteiger partial charge on any atom is 0.350 e. The van der Waals surface area contributed by atoms with E-state index in [4.69, 9.17) is 11.6 Å². The van der Waals surface area contributed by atoms with Crippen molar-refractivity contribution >= 4 is 35.0 Å². The van der Waals surface area contributed by atoms with E-state index in [1.54, 1.807) is 30.1 Å². The molecule has 1 aliphatic rings. The minimum absolute atomic E-state index is 0.0541. The summed E-state index contributed by atoms with van der Waals surface area (Å²) in [5.41, 5.74) is 2.50. The van der Waals surface area contributed by atoms with Gasteiger partial charge in [0.15, 0.2) is 5.65 Å². The molecule has 8 heteroatoms. The van der Waals surface area contributed by atoms with Crippen LogP contribution < -0.4 is 5.69 Å². The Hall–Kier alpha value is -3.03.